The number of hydrogen-bond acceptors (Lipinski definition) is 14. The van der Waals surface area contributed by atoms with Crippen LogP contribution >= 0.6 is 7.60 Å². The van der Waals surface area contributed by atoms with Crippen LogP contribution in [-0.2, 0) is 49.4 Å². The van der Waals surface area contributed by atoms with E-state index in [1.54, 1.807) is 27.7 Å². The molecule has 2 aliphatic rings. The summed E-state index contributed by atoms with van der Waals surface area (Å²) >= 11 is 0. The lowest BCUT2D eigenvalue weighted by Crippen LogP contribution is -2.56. The Bertz CT molecular complexity index is 1710. The van der Waals surface area contributed by atoms with Gasteiger partial charge in [-0.25, -0.2) is 18.4 Å². The van der Waals surface area contributed by atoms with Gasteiger partial charge in [0.15, 0.2) is 11.4 Å². The maximum atomic E-state index is 14.1. The SMILES string of the molecule is CC(C)OC(=O)OCOP(=O)(CCN1C[C@]2(CCOC2)n2cc(C(=O)NCc3ccc(F)cc3F)c(=O)c(O)c2C1=O)OCOC(=O)OC(C)C. The Hall–Kier alpha value is -4.58. The number of benzene rings is 1. The molecule has 20 heteroatoms. The van der Waals surface area contributed by atoms with E-state index in [9.17, 15) is 42.4 Å². The summed E-state index contributed by atoms with van der Waals surface area (Å²) in [6, 6.07) is 2.75. The lowest BCUT2D eigenvalue weighted by molar-refractivity contribution is -0.0304. The second kappa shape index (κ2) is 16.6. The number of nitrogens with zero attached hydrogens (tertiary/aromatic N) is 2. The van der Waals surface area contributed by atoms with Crippen LogP contribution in [0.5, 0.6) is 5.75 Å². The van der Waals surface area contributed by atoms with E-state index in [-0.39, 0.29) is 38.3 Å². The lowest BCUT2D eigenvalue weighted by atomic mass is 9.92. The molecule has 3 heterocycles. The molecule has 51 heavy (non-hydrogen) atoms. The van der Waals surface area contributed by atoms with E-state index in [4.69, 9.17) is 32.7 Å². The molecule has 0 radical (unpaired) electrons. The smallest absolute Gasteiger partial charge is 0.503 e. The van der Waals surface area contributed by atoms with Crippen molar-refractivity contribution >= 4 is 31.7 Å². The molecule has 2 amide bonds. The zero-order valence-electron chi connectivity index (χ0n) is 28.2. The number of aromatic hydroxyl groups is 1. The average Bonchev–Trinajstić information content (AvgIpc) is 3.51. The Morgan fingerprint density at radius 2 is 1.67 bits per heavy atom. The van der Waals surface area contributed by atoms with Crippen molar-refractivity contribution < 1.29 is 70.4 Å². The van der Waals surface area contributed by atoms with Crippen LogP contribution in [0.15, 0.2) is 29.2 Å². The van der Waals surface area contributed by atoms with Gasteiger partial charge in [-0.1, -0.05) is 6.07 Å². The van der Waals surface area contributed by atoms with Gasteiger partial charge >= 0.3 is 19.9 Å². The van der Waals surface area contributed by atoms with Gasteiger partial charge in [0.2, 0.25) is 19.0 Å². The van der Waals surface area contributed by atoms with Gasteiger partial charge in [0, 0.05) is 44.1 Å². The van der Waals surface area contributed by atoms with Crippen LogP contribution in [0.4, 0.5) is 18.4 Å². The van der Waals surface area contributed by atoms with E-state index in [2.05, 4.69) is 5.32 Å². The summed E-state index contributed by atoms with van der Waals surface area (Å²) < 4.78 is 77.7. The normalized spacial score (nSPS) is 17.1. The molecule has 0 unspecified atom stereocenters. The minimum atomic E-state index is -4.32. The van der Waals surface area contributed by atoms with Crippen LogP contribution in [0.25, 0.3) is 0 Å². The first kappa shape index (κ1) is 39.2. The Morgan fingerprint density at radius 1 is 1.04 bits per heavy atom. The molecule has 2 aromatic rings. The molecular weight excluding hydrogens is 707 g/mol. The van der Waals surface area contributed by atoms with Crippen molar-refractivity contribution in [3.8, 4) is 5.75 Å². The first-order chi connectivity index (χ1) is 24.0. The van der Waals surface area contributed by atoms with E-state index < -0.39 is 110 Å². The number of carbonyl (C=O) groups excluding carboxylic acids is 4. The topological polar surface area (TPSA) is 207 Å². The summed E-state index contributed by atoms with van der Waals surface area (Å²) in [6.07, 6.45) is -2.49. The maximum absolute atomic E-state index is 14.1. The van der Waals surface area contributed by atoms with Gasteiger partial charge in [0.05, 0.1) is 30.5 Å². The van der Waals surface area contributed by atoms with Gasteiger partial charge in [0.25, 0.3) is 11.8 Å². The molecule has 0 aliphatic carbocycles. The number of rotatable bonds is 14. The minimum absolute atomic E-state index is 0.0177. The maximum Gasteiger partial charge on any atom is 0.510 e. The number of aromatic nitrogens is 1. The second-order valence-electron chi connectivity index (χ2n) is 12.1. The van der Waals surface area contributed by atoms with Crippen LogP contribution in [-0.4, -0.2) is 97.0 Å². The number of hydrogen-bond donors (Lipinski definition) is 2. The summed E-state index contributed by atoms with van der Waals surface area (Å²) in [4.78, 5) is 64.8. The molecule has 4 rings (SSSR count). The van der Waals surface area contributed by atoms with Gasteiger partial charge in [-0.2, -0.15) is 0 Å². The number of nitrogens with one attached hydrogen (secondary N) is 1. The summed E-state index contributed by atoms with van der Waals surface area (Å²) in [7, 11) is -4.32. The van der Waals surface area contributed by atoms with Crippen LogP contribution in [0.1, 0.15) is 60.5 Å². The van der Waals surface area contributed by atoms with Crippen LogP contribution < -0.4 is 10.7 Å². The van der Waals surface area contributed by atoms with Gasteiger partial charge in [-0.3, -0.25) is 28.0 Å². The Labute approximate surface area is 290 Å². The fourth-order valence-electron chi connectivity index (χ4n) is 5.19. The van der Waals surface area contributed by atoms with E-state index in [1.165, 1.54) is 9.47 Å². The molecule has 1 fully saturated rings. The third kappa shape index (κ3) is 9.81. The zero-order chi connectivity index (χ0) is 37.5. The first-order valence-electron chi connectivity index (χ1n) is 15.7. The molecule has 0 saturated carbocycles. The molecular formula is C31H38F2N3O14P. The summed E-state index contributed by atoms with van der Waals surface area (Å²) in [5.41, 5.74) is -3.40. The van der Waals surface area contributed by atoms with Gasteiger partial charge in [-0.15, -0.1) is 0 Å². The fourth-order valence-corrected chi connectivity index (χ4v) is 6.44. The molecule has 17 nitrogen and oxygen atoms in total. The fraction of sp³-hybridized carbons (Fsp3) is 0.516. The van der Waals surface area contributed by atoms with E-state index in [1.807, 2.05) is 0 Å². The van der Waals surface area contributed by atoms with Crippen molar-refractivity contribution in [3.05, 3.63) is 63.1 Å². The van der Waals surface area contributed by atoms with E-state index in [0.29, 0.717) is 6.07 Å². The van der Waals surface area contributed by atoms with Gasteiger partial charge < -0.3 is 43.6 Å². The highest BCUT2D eigenvalue weighted by atomic mass is 31.2. The van der Waals surface area contributed by atoms with Gasteiger partial charge in [0.1, 0.15) is 17.2 Å². The second-order valence-corrected chi connectivity index (χ2v) is 14.2. The van der Waals surface area contributed by atoms with E-state index in [0.717, 1.165) is 18.3 Å². The molecule has 1 atom stereocenters. The number of amides is 2. The Morgan fingerprint density at radius 3 is 2.22 bits per heavy atom. The van der Waals surface area contributed by atoms with Gasteiger partial charge in [-0.05, 0) is 40.2 Å². The number of halogens is 2. The standard InChI is InChI=1S/C31H38F2N3O14P/c1-18(2)49-29(41)45-16-47-51(43,48-17-46-30(42)50-19(3)4)10-8-35-14-31(7-9-44-15-31)36-13-22(25(37)26(38)24(36)28(35)40)27(39)34-12-20-5-6-21(32)11-23(20)33/h5-6,11,13,18-19,38H,7-10,12,14-17H2,1-4H3,(H,34,39)/t31-/m0/s1. The molecule has 1 spiro atoms. The molecule has 2 aliphatic heterocycles. The third-order valence-corrected chi connectivity index (χ3v) is 9.36. The predicted molar refractivity (Wildman–Crippen MR) is 169 cm³/mol. The third-order valence-electron chi connectivity index (χ3n) is 7.61. The molecule has 1 aromatic heterocycles. The van der Waals surface area contributed by atoms with Crippen LogP contribution in [0, 0.1) is 11.6 Å². The first-order valence-corrected chi connectivity index (χ1v) is 17.4. The monoisotopic (exact) mass is 745 g/mol. The van der Waals surface area contributed by atoms with Crippen molar-refractivity contribution in [2.24, 2.45) is 0 Å². The summed E-state index contributed by atoms with van der Waals surface area (Å²) in [5, 5.41) is 13.4. The average molecular weight is 746 g/mol. The molecule has 0 bridgehead atoms. The quantitative estimate of drug-likeness (QED) is 0.161. The molecule has 2 N–H and O–H groups in total. The Kier molecular flexibility index (Phi) is 12.8. The molecule has 1 aromatic carbocycles. The van der Waals surface area contributed by atoms with Crippen molar-refractivity contribution in [2.75, 3.05) is 46.1 Å². The zero-order valence-corrected chi connectivity index (χ0v) is 29.1. The van der Waals surface area contributed by atoms with Crippen molar-refractivity contribution in [1.82, 2.24) is 14.8 Å². The van der Waals surface area contributed by atoms with Crippen molar-refractivity contribution in [3.63, 3.8) is 0 Å². The van der Waals surface area contributed by atoms with Crippen LogP contribution in [0.3, 0.4) is 0 Å². The number of carbonyl (C=O) groups is 4. The highest BCUT2D eigenvalue weighted by Gasteiger charge is 2.47. The van der Waals surface area contributed by atoms with Crippen LogP contribution in [0.2, 0.25) is 0 Å². The lowest BCUT2D eigenvalue weighted by Gasteiger charge is -2.43. The predicted octanol–water partition coefficient (Wildman–Crippen LogP) is 3.60. The summed E-state index contributed by atoms with van der Waals surface area (Å²) in [5.74, 6) is -4.67. The number of fused-ring (bicyclic) bond motifs is 2. The number of pyridine rings is 1. The number of ether oxygens (including phenoxy) is 5. The molecule has 280 valence electrons. The largest absolute Gasteiger partial charge is 0.510 e. The summed E-state index contributed by atoms with van der Waals surface area (Å²) in [6.45, 7) is 3.77. The highest BCUT2D eigenvalue weighted by Crippen LogP contribution is 2.48. The molecule has 1 saturated heterocycles. The van der Waals surface area contributed by atoms with E-state index >= 15 is 0 Å². The highest BCUT2D eigenvalue weighted by molar-refractivity contribution is 7.53. The minimum Gasteiger partial charge on any atom is -0.503 e. The van der Waals surface area contributed by atoms with Crippen molar-refractivity contribution in [2.45, 2.75) is 58.4 Å². The Balaban J connectivity index is 1.55. The van der Waals surface area contributed by atoms with Crippen molar-refractivity contribution in [1.29, 1.82) is 0 Å².